The van der Waals surface area contributed by atoms with Gasteiger partial charge in [-0.15, -0.1) is 0 Å². The Morgan fingerprint density at radius 2 is 1.80 bits per heavy atom. The van der Waals surface area contributed by atoms with E-state index in [9.17, 15) is 24.0 Å². The van der Waals surface area contributed by atoms with E-state index in [1.54, 1.807) is 24.3 Å². The van der Waals surface area contributed by atoms with E-state index in [4.69, 9.17) is 4.74 Å². The van der Waals surface area contributed by atoms with Gasteiger partial charge < -0.3 is 15.0 Å². The normalized spacial score (nSPS) is 13.7. The number of carbonyl (C=O) groups excluding carboxylic acids is 5. The minimum absolute atomic E-state index is 0.00508. The summed E-state index contributed by atoms with van der Waals surface area (Å²) in [4.78, 5) is 61.5. The van der Waals surface area contributed by atoms with Gasteiger partial charge in [-0.25, -0.2) is 4.79 Å². The number of hydrogen-bond donors (Lipinski definition) is 1. The summed E-state index contributed by atoms with van der Waals surface area (Å²) in [6.45, 7) is 3.68. The number of benzene rings is 1. The van der Waals surface area contributed by atoms with Gasteiger partial charge in [-0.1, -0.05) is 13.8 Å². The van der Waals surface area contributed by atoms with Crippen molar-refractivity contribution in [2.75, 3.05) is 32.1 Å². The number of ether oxygens (including phenoxy) is 1. The Balaban J connectivity index is 1.72. The van der Waals surface area contributed by atoms with Crippen LogP contribution < -0.4 is 5.32 Å². The first kappa shape index (κ1) is 23.1. The fourth-order valence-electron chi connectivity index (χ4n) is 2.89. The maximum Gasteiger partial charge on any atom is 0.326 e. The average Bonchev–Trinajstić information content (AvgIpc) is 2.92. The number of urea groups is 1. The molecule has 1 fully saturated rings. The fraction of sp³-hybridized carbons (Fsp3) is 0.476. The number of hydrogen-bond acceptors (Lipinski definition) is 6. The average molecular weight is 417 g/mol. The van der Waals surface area contributed by atoms with E-state index in [0.29, 0.717) is 17.7 Å². The zero-order valence-electron chi connectivity index (χ0n) is 17.5. The summed E-state index contributed by atoms with van der Waals surface area (Å²) in [5.74, 6) is -1.08. The summed E-state index contributed by atoms with van der Waals surface area (Å²) in [6.07, 6.45) is 0.672. The van der Waals surface area contributed by atoms with Gasteiger partial charge in [0.15, 0.2) is 12.4 Å². The maximum absolute atomic E-state index is 12.2. The van der Waals surface area contributed by atoms with Gasteiger partial charge in [0.05, 0.1) is 0 Å². The molecule has 0 atom stereocenters. The van der Waals surface area contributed by atoms with Gasteiger partial charge in [0.25, 0.3) is 0 Å². The molecule has 0 aliphatic carbocycles. The molecule has 0 unspecified atom stereocenters. The Morgan fingerprint density at radius 1 is 1.13 bits per heavy atom. The molecule has 1 aromatic rings. The molecule has 162 valence electrons. The van der Waals surface area contributed by atoms with Crippen LogP contribution in [0.25, 0.3) is 0 Å². The van der Waals surface area contributed by atoms with Crippen molar-refractivity contribution in [3.8, 4) is 0 Å². The number of amides is 4. The first-order valence-corrected chi connectivity index (χ1v) is 9.81. The number of ketones is 1. The lowest BCUT2D eigenvalue weighted by Crippen LogP contribution is -2.32. The van der Waals surface area contributed by atoms with Crippen LogP contribution >= 0.6 is 0 Å². The summed E-state index contributed by atoms with van der Waals surface area (Å²) >= 11 is 0. The van der Waals surface area contributed by atoms with Gasteiger partial charge in [-0.05, 0) is 36.6 Å². The van der Waals surface area contributed by atoms with E-state index in [2.05, 4.69) is 5.32 Å². The van der Waals surface area contributed by atoms with Crippen LogP contribution in [0.4, 0.5) is 10.5 Å². The van der Waals surface area contributed by atoms with Gasteiger partial charge in [0, 0.05) is 37.7 Å². The highest BCUT2D eigenvalue weighted by atomic mass is 16.5. The predicted molar refractivity (Wildman–Crippen MR) is 109 cm³/mol. The third-order valence-corrected chi connectivity index (χ3v) is 4.44. The maximum atomic E-state index is 12.2. The highest BCUT2D eigenvalue weighted by molar-refractivity contribution is 6.02. The number of likely N-dealkylation sites (N-methyl/N-ethyl adjacent to an activating group) is 1. The molecule has 9 heteroatoms. The van der Waals surface area contributed by atoms with Crippen LogP contribution in [0.5, 0.6) is 0 Å². The molecule has 1 saturated heterocycles. The fourth-order valence-corrected chi connectivity index (χ4v) is 2.89. The SMILES string of the molecule is CC(C)CC(=O)Nc1ccc(C(=O)COC(=O)CCCN2C(=O)CN(C)C2=O)cc1. The van der Waals surface area contributed by atoms with Crippen LogP contribution in [0, 0.1) is 5.92 Å². The zero-order valence-corrected chi connectivity index (χ0v) is 17.5. The third-order valence-electron chi connectivity index (χ3n) is 4.44. The molecule has 9 nitrogen and oxygen atoms in total. The molecule has 1 aliphatic rings. The highest BCUT2D eigenvalue weighted by Crippen LogP contribution is 2.13. The van der Waals surface area contributed by atoms with E-state index >= 15 is 0 Å². The molecule has 4 amide bonds. The Hall–Kier alpha value is -3.23. The van der Waals surface area contributed by atoms with Crippen LogP contribution in [0.3, 0.4) is 0 Å². The van der Waals surface area contributed by atoms with Crippen molar-refractivity contribution in [1.29, 1.82) is 0 Å². The molecule has 0 bridgehead atoms. The van der Waals surface area contributed by atoms with Crippen LogP contribution in [0.2, 0.25) is 0 Å². The van der Waals surface area contributed by atoms with Crippen molar-refractivity contribution in [2.24, 2.45) is 5.92 Å². The quantitative estimate of drug-likeness (QED) is 0.354. The van der Waals surface area contributed by atoms with Crippen molar-refractivity contribution >= 4 is 35.3 Å². The van der Waals surface area contributed by atoms with Crippen molar-refractivity contribution in [1.82, 2.24) is 9.80 Å². The lowest BCUT2D eigenvalue weighted by atomic mass is 10.1. The molecule has 1 heterocycles. The van der Waals surface area contributed by atoms with Gasteiger partial charge in [0.2, 0.25) is 11.8 Å². The minimum Gasteiger partial charge on any atom is -0.457 e. The molecular formula is C21H27N3O6. The highest BCUT2D eigenvalue weighted by Gasteiger charge is 2.32. The van der Waals surface area contributed by atoms with E-state index in [-0.39, 0.29) is 55.5 Å². The Morgan fingerprint density at radius 3 is 2.37 bits per heavy atom. The third kappa shape index (κ3) is 6.68. The number of nitrogens with zero attached hydrogens (tertiary/aromatic N) is 2. The summed E-state index contributed by atoms with van der Waals surface area (Å²) in [6, 6.07) is 5.97. The molecule has 1 aliphatic heterocycles. The monoisotopic (exact) mass is 417 g/mol. The Labute approximate surface area is 175 Å². The molecule has 1 N–H and O–H groups in total. The summed E-state index contributed by atoms with van der Waals surface area (Å²) in [5.41, 5.74) is 0.951. The molecule has 0 spiro atoms. The number of esters is 1. The number of Topliss-reactive ketones (excluding diaryl/α,β-unsaturated/α-hetero) is 1. The second kappa shape index (κ2) is 10.5. The van der Waals surface area contributed by atoms with Crippen molar-refractivity contribution in [2.45, 2.75) is 33.1 Å². The Bertz CT molecular complexity index is 819. The lowest BCUT2D eigenvalue weighted by molar-refractivity contribution is -0.143. The molecule has 30 heavy (non-hydrogen) atoms. The summed E-state index contributed by atoms with van der Waals surface area (Å²) in [7, 11) is 1.53. The topological polar surface area (TPSA) is 113 Å². The predicted octanol–water partition coefficient (Wildman–Crippen LogP) is 2.07. The van der Waals surface area contributed by atoms with E-state index in [1.807, 2.05) is 13.8 Å². The largest absolute Gasteiger partial charge is 0.457 e. The van der Waals surface area contributed by atoms with Crippen molar-refractivity contribution in [3.63, 3.8) is 0 Å². The number of rotatable bonds is 10. The lowest BCUT2D eigenvalue weighted by Gasteiger charge is -2.13. The standard InChI is InChI=1S/C21H27N3O6/c1-14(2)11-18(26)22-16-8-6-15(7-9-16)17(25)13-30-20(28)5-4-10-24-19(27)12-23(3)21(24)29/h6-9,14H,4-5,10-13H2,1-3H3,(H,22,26). The van der Waals surface area contributed by atoms with Crippen LogP contribution in [0.1, 0.15) is 43.5 Å². The molecule has 1 aromatic carbocycles. The first-order chi connectivity index (χ1) is 14.2. The molecule has 0 radical (unpaired) electrons. The van der Waals surface area contributed by atoms with Crippen molar-refractivity contribution in [3.05, 3.63) is 29.8 Å². The van der Waals surface area contributed by atoms with Gasteiger partial charge in [0.1, 0.15) is 6.54 Å². The number of anilines is 1. The molecule has 2 rings (SSSR count). The number of carbonyl (C=O) groups is 5. The molecule has 0 aromatic heterocycles. The van der Waals surface area contributed by atoms with Crippen LogP contribution in [-0.4, -0.2) is 66.1 Å². The van der Waals surface area contributed by atoms with Gasteiger partial charge in [-0.3, -0.25) is 24.1 Å². The Kier molecular flexibility index (Phi) is 8.08. The van der Waals surface area contributed by atoms with Crippen LogP contribution in [0.15, 0.2) is 24.3 Å². The second-order valence-electron chi connectivity index (χ2n) is 7.59. The smallest absolute Gasteiger partial charge is 0.326 e. The number of imide groups is 1. The van der Waals surface area contributed by atoms with Gasteiger partial charge >= 0.3 is 12.0 Å². The zero-order chi connectivity index (χ0) is 22.3. The minimum atomic E-state index is -0.576. The van der Waals surface area contributed by atoms with Gasteiger partial charge in [-0.2, -0.15) is 0 Å². The second-order valence-corrected chi connectivity index (χ2v) is 7.59. The summed E-state index contributed by atoms with van der Waals surface area (Å²) in [5, 5.41) is 2.75. The van der Waals surface area contributed by atoms with E-state index in [1.165, 1.54) is 11.9 Å². The molecule has 0 saturated carbocycles. The van der Waals surface area contributed by atoms with E-state index in [0.717, 1.165) is 4.90 Å². The van der Waals surface area contributed by atoms with E-state index < -0.39 is 12.6 Å². The molecular weight excluding hydrogens is 390 g/mol. The number of nitrogens with one attached hydrogen (secondary N) is 1. The van der Waals surface area contributed by atoms with Crippen LogP contribution in [-0.2, 0) is 19.1 Å². The summed E-state index contributed by atoms with van der Waals surface area (Å²) < 4.78 is 4.98. The van der Waals surface area contributed by atoms with Crippen molar-refractivity contribution < 1.29 is 28.7 Å². The first-order valence-electron chi connectivity index (χ1n) is 9.81.